The van der Waals surface area contributed by atoms with E-state index in [4.69, 9.17) is 9.47 Å². The molecule has 0 radical (unpaired) electrons. The Morgan fingerprint density at radius 3 is 2.57 bits per heavy atom. The number of piperazine rings is 1. The van der Waals surface area contributed by atoms with Crippen molar-refractivity contribution in [2.45, 2.75) is 19.3 Å². The molecule has 2 aromatic rings. The number of aryl methyl sites for hydroxylation is 1. The molecule has 0 atom stereocenters. The highest BCUT2D eigenvalue weighted by Crippen LogP contribution is 2.32. The average molecular weight is 384 g/mol. The molecule has 2 aliphatic heterocycles. The Morgan fingerprint density at radius 1 is 0.964 bits per heavy atom. The van der Waals surface area contributed by atoms with Crippen LogP contribution in [0.1, 0.15) is 17.5 Å². The topological polar surface area (TPSA) is 42.0 Å². The largest absolute Gasteiger partial charge is 0.454 e. The highest BCUT2D eigenvalue weighted by atomic mass is 19.1. The molecule has 4 rings (SSSR count). The fourth-order valence-corrected chi connectivity index (χ4v) is 3.71. The smallest absolute Gasteiger partial charge is 0.231 e. The van der Waals surface area contributed by atoms with Crippen molar-refractivity contribution in [2.75, 3.05) is 39.5 Å². The summed E-state index contributed by atoms with van der Waals surface area (Å²) in [7, 11) is 0. The Kier molecular flexibility index (Phi) is 5.76. The summed E-state index contributed by atoms with van der Waals surface area (Å²) in [4.78, 5) is 16.8. The van der Waals surface area contributed by atoms with E-state index in [1.165, 1.54) is 6.07 Å². The Labute approximate surface area is 164 Å². The van der Waals surface area contributed by atoms with E-state index in [1.54, 1.807) is 6.07 Å². The number of carbonyl (C=O) groups excluding carboxylic acids is 1. The molecule has 0 bridgehead atoms. The minimum Gasteiger partial charge on any atom is -0.454 e. The number of benzene rings is 2. The molecule has 0 aliphatic carbocycles. The first kappa shape index (κ1) is 18.7. The molecule has 2 aromatic carbocycles. The lowest BCUT2D eigenvalue weighted by atomic mass is 10.1. The third-order valence-corrected chi connectivity index (χ3v) is 5.44. The number of fused-ring (bicyclic) bond motifs is 1. The van der Waals surface area contributed by atoms with E-state index in [9.17, 15) is 9.18 Å². The van der Waals surface area contributed by atoms with Crippen LogP contribution in [-0.2, 0) is 17.6 Å². The van der Waals surface area contributed by atoms with Crippen LogP contribution in [0.5, 0.6) is 11.5 Å². The van der Waals surface area contributed by atoms with Crippen molar-refractivity contribution < 1.29 is 18.7 Å². The van der Waals surface area contributed by atoms with Crippen LogP contribution in [0.3, 0.4) is 0 Å². The molecule has 5 nitrogen and oxygen atoms in total. The van der Waals surface area contributed by atoms with E-state index in [-0.39, 0.29) is 18.5 Å². The van der Waals surface area contributed by atoms with Gasteiger partial charge < -0.3 is 14.4 Å². The van der Waals surface area contributed by atoms with E-state index < -0.39 is 0 Å². The van der Waals surface area contributed by atoms with Gasteiger partial charge in [0.15, 0.2) is 11.5 Å². The molecule has 0 saturated carbocycles. The second-order valence-corrected chi connectivity index (χ2v) is 7.25. The third-order valence-electron chi connectivity index (χ3n) is 5.44. The molecule has 1 saturated heterocycles. The van der Waals surface area contributed by atoms with Crippen LogP contribution in [0.15, 0.2) is 42.5 Å². The van der Waals surface area contributed by atoms with Crippen LogP contribution >= 0.6 is 0 Å². The molecular weight excluding hydrogens is 359 g/mol. The summed E-state index contributed by atoms with van der Waals surface area (Å²) >= 11 is 0. The van der Waals surface area contributed by atoms with Crippen molar-refractivity contribution in [3.8, 4) is 11.5 Å². The lowest BCUT2D eigenvalue weighted by Gasteiger charge is -2.34. The molecule has 0 aromatic heterocycles. The minimum absolute atomic E-state index is 0.139. The SMILES string of the molecule is O=C(CCc1ccc2c(c1)OCO2)N1CCN(CCc2ccccc2F)CC1. The molecular formula is C22H25FN2O3. The Balaban J connectivity index is 1.20. The molecule has 28 heavy (non-hydrogen) atoms. The van der Waals surface area contributed by atoms with Crippen LogP contribution in [0.25, 0.3) is 0 Å². The summed E-state index contributed by atoms with van der Waals surface area (Å²) in [6.45, 7) is 4.22. The van der Waals surface area contributed by atoms with Crippen LogP contribution in [0, 0.1) is 5.82 Å². The summed E-state index contributed by atoms with van der Waals surface area (Å²) in [5.41, 5.74) is 1.84. The third kappa shape index (κ3) is 4.44. The van der Waals surface area contributed by atoms with Gasteiger partial charge in [-0.15, -0.1) is 0 Å². The minimum atomic E-state index is -0.139. The van der Waals surface area contributed by atoms with Crippen molar-refractivity contribution in [2.24, 2.45) is 0 Å². The molecule has 6 heteroatoms. The van der Waals surface area contributed by atoms with Gasteiger partial charge in [-0.1, -0.05) is 24.3 Å². The summed E-state index contributed by atoms with van der Waals surface area (Å²) < 4.78 is 24.4. The maximum atomic E-state index is 13.7. The number of hydrogen-bond acceptors (Lipinski definition) is 4. The molecule has 2 heterocycles. The maximum Gasteiger partial charge on any atom is 0.231 e. The number of rotatable bonds is 6. The Morgan fingerprint density at radius 2 is 1.75 bits per heavy atom. The standard InChI is InChI=1S/C22H25FN2O3/c23-19-4-2-1-3-18(19)9-10-24-11-13-25(14-12-24)22(26)8-6-17-5-7-20-21(15-17)28-16-27-20/h1-5,7,15H,6,8-14,16H2. The highest BCUT2D eigenvalue weighted by molar-refractivity contribution is 5.76. The van der Waals surface area contributed by atoms with Gasteiger partial charge in [0.1, 0.15) is 5.82 Å². The molecule has 1 fully saturated rings. The Hall–Kier alpha value is -2.60. The summed E-state index contributed by atoms with van der Waals surface area (Å²) in [5.74, 6) is 1.57. The lowest BCUT2D eigenvalue weighted by molar-refractivity contribution is -0.132. The van der Waals surface area contributed by atoms with E-state index >= 15 is 0 Å². The van der Waals surface area contributed by atoms with Crippen LogP contribution < -0.4 is 9.47 Å². The molecule has 2 aliphatic rings. The number of carbonyl (C=O) groups is 1. The van der Waals surface area contributed by atoms with Gasteiger partial charge in [0, 0.05) is 39.1 Å². The van der Waals surface area contributed by atoms with Crippen LogP contribution in [-0.4, -0.2) is 55.2 Å². The zero-order valence-electron chi connectivity index (χ0n) is 15.9. The first-order valence-corrected chi connectivity index (χ1v) is 9.81. The summed E-state index contributed by atoms with van der Waals surface area (Å²) in [5, 5.41) is 0. The zero-order valence-corrected chi connectivity index (χ0v) is 15.9. The average Bonchev–Trinajstić information content (AvgIpc) is 3.20. The van der Waals surface area contributed by atoms with Gasteiger partial charge in [-0.05, 0) is 42.2 Å². The van der Waals surface area contributed by atoms with Gasteiger partial charge in [0.25, 0.3) is 0 Å². The van der Waals surface area contributed by atoms with Gasteiger partial charge in [-0.2, -0.15) is 0 Å². The Bertz CT molecular complexity index is 834. The second-order valence-electron chi connectivity index (χ2n) is 7.25. The van der Waals surface area contributed by atoms with Gasteiger partial charge in [-0.3, -0.25) is 9.69 Å². The molecule has 1 amide bonds. The number of hydrogen-bond donors (Lipinski definition) is 0. The molecule has 0 unspecified atom stereocenters. The van der Waals surface area contributed by atoms with Crippen molar-refractivity contribution in [1.29, 1.82) is 0 Å². The quantitative estimate of drug-likeness (QED) is 0.768. The fourth-order valence-electron chi connectivity index (χ4n) is 3.71. The maximum absolute atomic E-state index is 13.7. The monoisotopic (exact) mass is 384 g/mol. The highest BCUT2D eigenvalue weighted by Gasteiger charge is 2.21. The number of amides is 1. The van der Waals surface area contributed by atoms with Crippen LogP contribution in [0.4, 0.5) is 4.39 Å². The summed E-state index contributed by atoms with van der Waals surface area (Å²) in [6.07, 6.45) is 1.89. The van der Waals surface area contributed by atoms with Crippen molar-refractivity contribution >= 4 is 5.91 Å². The molecule has 0 N–H and O–H groups in total. The predicted octanol–water partition coefficient (Wildman–Crippen LogP) is 2.87. The van der Waals surface area contributed by atoms with E-state index in [0.29, 0.717) is 19.3 Å². The molecule has 148 valence electrons. The number of ether oxygens (including phenoxy) is 2. The summed E-state index contributed by atoms with van der Waals surface area (Å²) in [6, 6.07) is 12.8. The van der Waals surface area contributed by atoms with Gasteiger partial charge in [0.2, 0.25) is 12.7 Å². The van der Waals surface area contributed by atoms with Crippen molar-refractivity contribution in [3.05, 3.63) is 59.4 Å². The van der Waals surface area contributed by atoms with E-state index in [1.807, 2.05) is 35.2 Å². The second kappa shape index (κ2) is 8.61. The number of nitrogens with zero attached hydrogens (tertiary/aromatic N) is 2. The lowest BCUT2D eigenvalue weighted by Crippen LogP contribution is -2.49. The van der Waals surface area contributed by atoms with Crippen molar-refractivity contribution in [3.63, 3.8) is 0 Å². The fraction of sp³-hybridized carbons (Fsp3) is 0.409. The predicted molar refractivity (Wildman–Crippen MR) is 104 cm³/mol. The first-order valence-electron chi connectivity index (χ1n) is 9.81. The molecule has 0 spiro atoms. The van der Waals surface area contributed by atoms with E-state index in [0.717, 1.165) is 55.3 Å². The van der Waals surface area contributed by atoms with E-state index in [2.05, 4.69) is 4.90 Å². The zero-order chi connectivity index (χ0) is 19.3. The van der Waals surface area contributed by atoms with Gasteiger partial charge in [0.05, 0.1) is 0 Å². The van der Waals surface area contributed by atoms with Gasteiger partial charge >= 0.3 is 0 Å². The van der Waals surface area contributed by atoms with Crippen molar-refractivity contribution in [1.82, 2.24) is 9.80 Å². The normalized spacial score (nSPS) is 16.4. The first-order chi connectivity index (χ1) is 13.7. The van der Waals surface area contributed by atoms with Gasteiger partial charge in [-0.25, -0.2) is 4.39 Å². The number of halogens is 1. The van der Waals surface area contributed by atoms with Crippen LogP contribution in [0.2, 0.25) is 0 Å².